The highest BCUT2D eigenvalue weighted by Gasteiger charge is 2.29. The summed E-state index contributed by atoms with van der Waals surface area (Å²) in [4.78, 5) is 4.69. The third-order valence-electron chi connectivity index (χ3n) is 3.71. The van der Waals surface area contributed by atoms with E-state index in [0.717, 1.165) is 17.6 Å². The second-order valence-corrected chi connectivity index (χ2v) is 5.83. The van der Waals surface area contributed by atoms with E-state index in [1.54, 1.807) is 0 Å². The number of piperazine rings is 1. The first-order valence-corrected chi connectivity index (χ1v) is 7.00. The van der Waals surface area contributed by atoms with Crippen LogP contribution in [0.5, 0.6) is 0 Å². The molecule has 2 unspecified atom stereocenters. The van der Waals surface area contributed by atoms with Gasteiger partial charge in [-0.25, -0.2) is 0 Å². The summed E-state index contributed by atoms with van der Waals surface area (Å²) in [5.41, 5.74) is 1.24. The summed E-state index contributed by atoms with van der Waals surface area (Å²) >= 11 is 3.46. The summed E-state index contributed by atoms with van der Waals surface area (Å²) in [6, 6.07) is 11.5. The Bertz CT molecular complexity index is 437. The van der Waals surface area contributed by atoms with Crippen LogP contribution in [0.25, 0.3) is 0 Å². The third-order valence-corrected chi connectivity index (χ3v) is 4.23. The maximum atomic E-state index is 8.91. The van der Waals surface area contributed by atoms with Crippen LogP contribution in [0.3, 0.4) is 0 Å². The van der Waals surface area contributed by atoms with Gasteiger partial charge in [-0.15, -0.1) is 0 Å². The van der Waals surface area contributed by atoms with Gasteiger partial charge in [0.2, 0.25) is 0 Å². The quantitative estimate of drug-likeness (QED) is 0.841. The van der Waals surface area contributed by atoms with E-state index >= 15 is 0 Å². The summed E-state index contributed by atoms with van der Waals surface area (Å²) in [6.07, 6.45) is 0.591. The molecule has 2 rings (SSSR count). The molecule has 96 valence electrons. The number of hydrogen-bond acceptors (Lipinski definition) is 3. The molecule has 4 heteroatoms. The molecular formula is C14H18BrN3. The topological polar surface area (TPSA) is 30.3 Å². The number of hydrogen-bond donors (Lipinski definition) is 0. The molecule has 0 N–H and O–H groups in total. The van der Waals surface area contributed by atoms with Crippen LogP contribution in [0, 0.1) is 11.3 Å². The number of rotatable bonds is 2. The second kappa shape index (κ2) is 5.73. The zero-order valence-electron chi connectivity index (χ0n) is 10.8. The van der Waals surface area contributed by atoms with Gasteiger partial charge in [-0.3, -0.25) is 4.90 Å². The molecule has 0 spiro atoms. The lowest BCUT2D eigenvalue weighted by molar-refractivity contribution is 0.160. The van der Waals surface area contributed by atoms with Crippen molar-refractivity contribution in [1.82, 2.24) is 4.90 Å². The molecule has 1 fully saturated rings. The predicted octanol–water partition coefficient (Wildman–Crippen LogP) is 2.87. The van der Waals surface area contributed by atoms with E-state index in [4.69, 9.17) is 5.26 Å². The van der Waals surface area contributed by atoms with Gasteiger partial charge in [-0.05, 0) is 38.2 Å². The fraction of sp³-hybridized carbons (Fsp3) is 0.500. The molecule has 1 saturated heterocycles. The van der Waals surface area contributed by atoms with Crippen LogP contribution in [0.1, 0.15) is 13.3 Å². The normalized spacial score (nSPS) is 24.9. The monoisotopic (exact) mass is 307 g/mol. The third kappa shape index (κ3) is 2.85. The van der Waals surface area contributed by atoms with Crippen molar-refractivity contribution in [3.05, 3.63) is 28.7 Å². The van der Waals surface area contributed by atoms with Gasteiger partial charge in [-0.1, -0.05) is 15.9 Å². The summed E-state index contributed by atoms with van der Waals surface area (Å²) in [5.74, 6) is 0. The Kier molecular flexibility index (Phi) is 4.26. The van der Waals surface area contributed by atoms with E-state index in [0.29, 0.717) is 18.5 Å². The smallest absolute Gasteiger partial charge is 0.0638 e. The first-order chi connectivity index (χ1) is 8.61. The molecule has 0 bridgehead atoms. The molecule has 0 amide bonds. The van der Waals surface area contributed by atoms with Crippen molar-refractivity contribution in [2.24, 2.45) is 0 Å². The van der Waals surface area contributed by atoms with Gasteiger partial charge in [0.15, 0.2) is 0 Å². The van der Waals surface area contributed by atoms with E-state index in [1.165, 1.54) is 5.69 Å². The van der Waals surface area contributed by atoms with Gasteiger partial charge >= 0.3 is 0 Å². The van der Waals surface area contributed by atoms with Crippen LogP contribution >= 0.6 is 15.9 Å². The van der Waals surface area contributed by atoms with Crippen molar-refractivity contribution in [2.75, 3.05) is 25.0 Å². The number of likely N-dealkylation sites (N-methyl/N-ethyl adjacent to an activating group) is 1. The average Bonchev–Trinajstić information content (AvgIpc) is 2.36. The first kappa shape index (κ1) is 13.4. The minimum Gasteiger partial charge on any atom is -0.368 e. The Balaban J connectivity index is 2.15. The molecule has 0 aromatic heterocycles. The lowest BCUT2D eigenvalue weighted by atomic mass is 10.0. The minimum atomic E-state index is 0.322. The molecule has 18 heavy (non-hydrogen) atoms. The van der Waals surface area contributed by atoms with E-state index < -0.39 is 0 Å². The van der Waals surface area contributed by atoms with Crippen LogP contribution in [-0.4, -0.2) is 37.1 Å². The maximum absolute atomic E-state index is 8.91. The van der Waals surface area contributed by atoms with E-state index in [1.807, 2.05) is 0 Å². The number of anilines is 1. The Labute approximate surface area is 117 Å². The van der Waals surface area contributed by atoms with E-state index in [9.17, 15) is 0 Å². The van der Waals surface area contributed by atoms with Crippen LogP contribution < -0.4 is 4.90 Å². The second-order valence-electron chi connectivity index (χ2n) is 4.91. The maximum Gasteiger partial charge on any atom is 0.0638 e. The van der Waals surface area contributed by atoms with E-state index in [-0.39, 0.29) is 0 Å². The van der Waals surface area contributed by atoms with Crippen LogP contribution in [-0.2, 0) is 0 Å². The summed E-state index contributed by atoms with van der Waals surface area (Å²) in [6.45, 7) is 4.16. The first-order valence-electron chi connectivity index (χ1n) is 6.21. The molecule has 3 nitrogen and oxygen atoms in total. The molecule has 1 aromatic rings. The minimum absolute atomic E-state index is 0.322. The van der Waals surface area contributed by atoms with Crippen molar-refractivity contribution >= 4 is 21.6 Å². The highest BCUT2D eigenvalue weighted by atomic mass is 79.9. The zero-order valence-corrected chi connectivity index (χ0v) is 12.4. The fourth-order valence-electron chi connectivity index (χ4n) is 2.44. The number of benzene rings is 1. The summed E-state index contributed by atoms with van der Waals surface area (Å²) < 4.78 is 1.10. The Morgan fingerprint density at radius 1 is 1.33 bits per heavy atom. The number of halogens is 1. The lowest BCUT2D eigenvalue weighted by Gasteiger charge is -2.44. The van der Waals surface area contributed by atoms with Crippen molar-refractivity contribution in [1.29, 1.82) is 5.26 Å². The van der Waals surface area contributed by atoms with Gasteiger partial charge in [0.1, 0.15) is 0 Å². The lowest BCUT2D eigenvalue weighted by Crippen LogP contribution is -2.56. The van der Waals surface area contributed by atoms with Crippen LogP contribution in [0.2, 0.25) is 0 Å². The molecule has 1 aliphatic heterocycles. The highest BCUT2D eigenvalue weighted by Crippen LogP contribution is 2.24. The summed E-state index contributed by atoms with van der Waals surface area (Å²) in [5, 5.41) is 8.91. The zero-order chi connectivity index (χ0) is 13.1. The fourth-order valence-corrected chi connectivity index (χ4v) is 2.71. The largest absolute Gasteiger partial charge is 0.368 e. The van der Waals surface area contributed by atoms with Crippen molar-refractivity contribution in [3.8, 4) is 6.07 Å². The molecule has 0 radical (unpaired) electrons. The Hall–Kier alpha value is -1.05. The Morgan fingerprint density at radius 2 is 2.00 bits per heavy atom. The molecule has 1 heterocycles. The SMILES string of the molecule is CC1CN(c2ccc(Br)cc2)CC(CC#N)N1C. The van der Waals surface area contributed by atoms with Gasteiger partial charge in [0.05, 0.1) is 12.5 Å². The van der Waals surface area contributed by atoms with E-state index in [2.05, 4.69) is 70.0 Å². The molecular weight excluding hydrogens is 290 g/mol. The highest BCUT2D eigenvalue weighted by molar-refractivity contribution is 9.10. The summed E-state index contributed by atoms with van der Waals surface area (Å²) in [7, 11) is 2.12. The Morgan fingerprint density at radius 3 is 2.61 bits per heavy atom. The molecule has 1 aliphatic rings. The number of nitriles is 1. The van der Waals surface area contributed by atoms with Gasteiger partial charge in [0, 0.05) is 35.3 Å². The van der Waals surface area contributed by atoms with Gasteiger partial charge in [-0.2, -0.15) is 5.26 Å². The predicted molar refractivity (Wildman–Crippen MR) is 77.6 cm³/mol. The van der Waals surface area contributed by atoms with Gasteiger partial charge in [0.25, 0.3) is 0 Å². The average molecular weight is 308 g/mol. The standard InChI is InChI=1S/C14H18BrN3/c1-11-9-18(10-14(7-8-16)17(11)2)13-5-3-12(15)4-6-13/h3-6,11,14H,7,9-10H2,1-2H3. The van der Waals surface area contributed by atoms with Crippen molar-refractivity contribution in [3.63, 3.8) is 0 Å². The molecule has 2 atom stereocenters. The van der Waals surface area contributed by atoms with Crippen molar-refractivity contribution < 1.29 is 0 Å². The molecule has 1 aromatic carbocycles. The molecule has 0 aliphatic carbocycles. The van der Waals surface area contributed by atoms with Crippen LogP contribution in [0.4, 0.5) is 5.69 Å². The number of nitrogens with zero attached hydrogens (tertiary/aromatic N) is 3. The van der Waals surface area contributed by atoms with Crippen molar-refractivity contribution in [2.45, 2.75) is 25.4 Å². The molecule has 0 saturated carbocycles. The van der Waals surface area contributed by atoms with Crippen LogP contribution in [0.15, 0.2) is 28.7 Å². The van der Waals surface area contributed by atoms with Gasteiger partial charge < -0.3 is 4.90 Å².